The molecule has 2 rings (SSSR count). The number of nitrogens with two attached hydrogens (primary N) is 1. The number of hydrogen-bond donors (Lipinski definition) is 2. The van der Waals surface area contributed by atoms with Crippen molar-refractivity contribution in [2.45, 2.75) is 25.4 Å². The number of methoxy groups -OCH3 is 1. The van der Waals surface area contributed by atoms with Gasteiger partial charge in [0.05, 0.1) is 13.2 Å². The van der Waals surface area contributed by atoms with Gasteiger partial charge in [-0.3, -0.25) is 0 Å². The van der Waals surface area contributed by atoms with E-state index >= 15 is 0 Å². The second-order valence-electron chi connectivity index (χ2n) is 3.87. The average Bonchev–Trinajstić information content (AvgIpc) is 2.37. The van der Waals surface area contributed by atoms with Gasteiger partial charge in [0.15, 0.2) is 0 Å². The van der Waals surface area contributed by atoms with Crippen LogP contribution in [0.5, 0.6) is 6.01 Å². The van der Waals surface area contributed by atoms with Gasteiger partial charge in [0.25, 0.3) is 0 Å². The summed E-state index contributed by atoms with van der Waals surface area (Å²) in [6.07, 6.45) is 3.62. The summed E-state index contributed by atoms with van der Waals surface area (Å²) in [5.74, 6) is 0.562. The zero-order valence-corrected chi connectivity index (χ0v) is 9.85. The first-order valence-electron chi connectivity index (χ1n) is 5.69. The Morgan fingerprint density at radius 2 is 2.29 bits per heavy atom. The molecule has 1 atom stereocenters. The molecule has 94 valence electrons. The summed E-state index contributed by atoms with van der Waals surface area (Å²) in [5, 5.41) is 3.08. The number of nitrogen functional groups attached to an aromatic ring is 1. The molecule has 3 N–H and O–H groups in total. The maximum Gasteiger partial charge on any atom is 0.322 e. The lowest BCUT2D eigenvalue weighted by molar-refractivity contribution is 0.0246. The summed E-state index contributed by atoms with van der Waals surface area (Å²) in [7, 11) is 1.49. The first-order valence-corrected chi connectivity index (χ1v) is 5.69. The molecule has 0 amide bonds. The number of rotatable bonds is 4. The minimum absolute atomic E-state index is 0.143. The molecular formula is C10H17N5O2. The third-order valence-electron chi connectivity index (χ3n) is 2.58. The summed E-state index contributed by atoms with van der Waals surface area (Å²) in [6, 6.07) is 0.213. The van der Waals surface area contributed by atoms with Crippen LogP contribution >= 0.6 is 0 Å². The van der Waals surface area contributed by atoms with Gasteiger partial charge in [0.2, 0.25) is 11.9 Å². The molecule has 17 heavy (non-hydrogen) atoms. The summed E-state index contributed by atoms with van der Waals surface area (Å²) in [5.41, 5.74) is 5.53. The van der Waals surface area contributed by atoms with Crippen LogP contribution in [0, 0.1) is 0 Å². The zero-order chi connectivity index (χ0) is 12.1. The van der Waals surface area contributed by atoms with Crippen molar-refractivity contribution in [1.29, 1.82) is 0 Å². The molecule has 0 aromatic carbocycles. The summed E-state index contributed by atoms with van der Waals surface area (Å²) >= 11 is 0. The molecule has 1 fully saturated rings. The van der Waals surface area contributed by atoms with Gasteiger partial charge in [-0.15, -0.1) is 0 Å². The average molecular weight is 239 g/mol. The molecule has 1 aromatic heterocycles. The van der Waals surface area contributed by atoms with E-state index in [1.54, 1.807) is 0 Å². The van der Waals surface area contributed by atoms with Gasteiger partial charge in [-0.2, -0.15) is 15.0 Å². The lowest BCUT2D eigenvalue weighted by Crippen LogP contribution is -2.27. The molecule has 1 aliphatic heterocycles. The van der Waals surface area contributed by atoms with Gasteiger partial charge >= 0.3 is 6.01 Å². The topological polar surface area (TPSA) is 95.2 Å². The summed E-state index contributed by atoms with van der Waals surface area (Å²) in [6.45, 7) is 1.50. The van der Waals surface area contributed by atoms with Gasteiger partial charge in [-0.05, 0) is 19.3 Å². The van der Waals surface area contributed by atoms with E-state index < -0.39 is 0 Å². The first kappa shape index (κ1) is 11.8. The van der Waals surface area contributed by atoms with Crippen molar-refractivity contribution in [2.24, 2.45) is 0 Å². The maximum absolute atomic E-state index is 5.59. The molecule has 0 saturated carbocycles. The van der Waals surface area contributed by atoms with Crippen molar-refractivity contribution < 1.29 is 9.47 Å². The highest BCUT2D eigenvalue weighted by Gasteiger charge is 2.14. The van der Waals surface area contributed by atoms with Crippen LogP contribution in [0.4, 0.5) is 11.9 Å². The van der Waals surface area contributed by atoms with Crippen molar-refractivity contribution in [2.75, 3.05) is 31.3 Å². The van der Waals surface area contributed by atoms with E-state index in [1.165, 1.54) is 13.5 Å². The molecule has 2 heterocycles. The van der Waals surface area contributed by atoms with E-state index in [2.05, 4.69) is 20.3 Å². The van der Waals surface area contributed by atoms with E-state index in [0.717, 1.165) is 19.4 Å². The summed E-state index contributed by atoms with van der Waals surface area (Å²) < 4.78 is 10.5. The normalized spacial score (nSPS) is 19.9. The largest absolute Gasteiger partial charge is 0.467 e. The van der Waals surface area contributed by atoms with Crippen LogP contribution in [0.3, 0.4) is 0 Å². The Morgan fingerprint density at radius 3 is 3.00 bits per heavy atom. The van der Waals surface area contributed by atoms with Gasteiger partial charge in [0, 0.05) is 13.2 Å². The molecule has 7 heteroatoms. The fraction of sp³-hybridized carbons (Fsp3) is 0.700. The highest BCUT2D eigenvalue weighted by Crippen LogP contribution is 2.14. The van der Waals surface area contributed by atoms with Crippen molar-refractivity contribution in [3.63, 3.8) is 0 Å². The zero-order valence-electron chi connectivity index (χ0n) is 9.85. The van der Waals surface area contributed by atoms with E-state index in [-0.39, 0.29) is 18.1 Å². The second kappa shape index (κ2) is 5.62. The van der Waals surface area contributed by atoms with Crippen molar-refractivity contribution in [3.05, 3.63) is 0 Å². The Labute approximate surface area is 99.8 Å². The highest BCUT2D eigenvalue weighted by molar-refractivity contribution is 5.32. The molecule has 0 radical (unpaired) electrons. The van der Waals surface area contributed by atoms with Crippen molar-refractivity contribution in [3.8, 4) is 6.01 Å². The van der Waals surface area contributed by atoms with Gasteiger partial charge in [0.1, 0.15) is 0 Å². The fourth-order valence-corrected chi connectivity index (χ4v) is 1.72. The van der Waals surface area contributed by atoms with Crippen molar-refractivity contribution in [1.82, 2.24) is 15.0 Å². The van der Waals surface area contributed by atoms with Crippen molar-refractivity contribution >= 4 is 11.9 Å². The number of hydrogen-bond acceptors (Lipinski definition) is 7. The van der Waals surface area contributed by atoms with E-state index in [4.69, 9.17) is 15.2 Å². The monoisotopic (exact) mass is 239 g/mol. The SMILES string of the molecule is COc1nc(N)nc(NCC2CCCCO2)n1. The van der Waals surface area contributed by atoms with Crippen LogP contribution in [-0.2, 0) is 4.74 Å². The third kappa shape index (κ3) is 3.42. The predicted octanol–water partition coefficient (Wildman–Crippen LogP) is 0.443. The smallest absolute Gasteiger partial charge is 0.322 e. The Morgan fingerprint density at radius 1 is 1.41 bits per heavy atom. The highest BCUT2D eigenvalue weighted by atomic mass is 16.5. The van der Waals surface area contributed by atoms with E-state index in [0.29, 0.717) is 12.5 Å². The Kier molecular flexibility index (Phi) is 3.92. The molecule has 0 spiro atoms. The van der Waals surface area contributed by atoms with Gasteiger partial charge < -0.3 is 20.5 Å². The molecule has 1 aliphatic rings. The number of ether oxygens (including phenoxy) is 2. The quantitative estimate of drug-likeness (QED) is 0.787. The van der Waals surface area contributed by atoms with Crippen LogP contribution in [0.15, 0.2) is 0 Å². The standard InChI is InChI=1S/C10H17N5O2/c1-16-10-14-8(11)13-9(15-10)12-6-7-4-2-3-5-17-7/h7H,2-6H2,1H3,(H3,11,12,13,14,15). The minimum atomic E-state index is 0.143. The van der Waals surface area contributed by atoms with Gasteiger partial charge in [-0.1, -0.05) is 0 Å². The molecule has 1 aromatic rings. The number of anilines is 2. The molecule has 7 nitrogen and oxygen atoms in total. The maximum atomic E-state index is 5.59. The third-order valence-corrected chi connectivity index (χ3v) is 2.58. The lowest BCUT2D eigenvalue weighted by atomic mass is 10.1. The fourth-order valence-electron chi connectivity index (χ4n) is 1.72. The first-order chi connectivity index (χ1) is 8.28. The second-order valence-corrected chi connectivity index (χ2v) is 3.87. The summed E-state index contributed by atoms with van der Waals surface area (Å²) in [4.78, 5) is 11.8. The lowest BCUT2D eigenvalue weighted by Gasteiger charge is -2.22. The predicted molar refractivity (Wildman–Crippen MR) is 62.9 cm³/mol. The molecule has 1 unspecified atom stereocenters. The number of aromatic nitrogens is 3. The van der Waals surface area contributed by atoms with E-state index in [1.807, 2.05) is 0 Å². The molecule has 1 saturated heterocycles. The number of nitrogens with zero attached hydrogens (tertiary/aromatic N) is 3. The van der Waals surface area contributed by atoms with Crippen LogP contribution in [0.1, 0.15) is 19.3 Å². The Balaban J connectivity index is 1.91. The van der Waals surface area contributed by atoms with Crippen LogP contribution in [0.25, 0.3) is 0 Å². The number of nitrogens with one attached hydrogen (secondary N) is 1. The Bertz CT molecular complexity index is 368. The minimum Gasteiger partial charge on any atom is -0.467 e. The molecular weight excluding hydrogens is 222 g/mol. The van der Waals surface area contributed by atoms with Gasteiger partial charge in [-0.25, -0.2) is 0 Å². The molecule has 0 bridgehead atoms. The van der Waals surface area contributed by atoms with Crippen LogP contribution in [0.2, 0.25) is 0 Å². The molecule has 0 aliphatic carbocycles. The van der Waals surface area contributed by atoms with E-state index in [9.17, 15) is 0 Å². The Hall–Kier alpha value is -1.63. The van der Waals surface area contributed by atoms with Crippen LogP contribution < -0.4 is 15.8 Å². The van der Waals surface area contributed by atoms with Crippen LogP contribution in [-0.4, -0.2) is 41.3 Å².